The normalized spacial score (nSPS) is 10.8. The van der Waals surface area contributed by atoms with Crippen LogP contribution in [0.4, 0.5) is 0 Å². The van der Waals surface area contributed by atoms with E-state index in [1.165, 1.54) is 0 Å². The predicted octanol–water partition coefficient (Wildman–Crippen LogP) is 5.15. The molecule has 0 atom stereocenters. The number of aromatic nitrogens is 2. The van der Waals surface area contributed by atoms with Crippen molar-refractivity contribution in [3.8, 4) is 11.6 Å². The number of benzene rings is 2. The predicted molar refractivity (Wildman–Crippen MR) is 83.5 cm³/mol. The Morgan fingerprint density at radius 3 is 2.55 bits per heavy atom. The van der Waals surface area contributed by atoms with Gasteiger partial charge >= 0.3 is 0 Å². The van der Waals surface area contributed by atoms with Crippen molar-refractivity contribution < 1.29 is 4.74 Å². The van der Waals surface area contributed by atoms with Gasteiger partial charge in [0.1, 0.15) is 17.0 Å². The first-order chi connectivity index (χ1) is 9.63. The Balaban J connectivity index is 2.03. The number of nitrogens with zero attached hydrogens (tertiary/aromatic N) is 2. The van der Waals surface area contributed by atoms with E-state index in [0.29, 0.717) is 27.9 Å². The van der Waals surface area contributed by atoms with Gasteiger partial charge in [-0.25, -0.2) is 9.97 Å². The van der Waals surface area contributed by atoms with Gasteiger partial charge in [0.15, 0.2) is 0 Å². The SMILES string of the molecule is Cc1nc2c(Cl)cccc2nc1Oc1ccc(Br)cc1. The fraction of sp³-hybridized carbons (Fsp3) is 0.0667. The van der Waals surface area contributed by atoms with E-state index in [2.05, 4.69) is 25.9 Å². The number of hydrogen-bond donors (Lipinski definition) is 0. The Morgan fingerprint density at radius 2 is 1.80 bits per heavy atom. The van der Waals surface area contributed by atoms with E-state index in [4.69, 9.17) is 16.3 Å². The molecule has 1 aromatic heterocycles. The summed E-state index contributed by atoms with van der Waals surface area (Å²) in [4.78, 5) is 8.93. The summed E-state index contributed by atoms with van der Waals surface area (Å²) in [5, 5.41) is 0.591. The molecule has 3 aromatic rings. The summed E-state index contributed by atoms with van der Waals surface area (Å²) in [5.74, 6) is 1.20. The minimum atomic E-state index is 0.488. The highest BCUT2D eigenvalue weighted by Crippen LogP contribution is 2.27. The summed E-state index contributed by atoms with van der Waals surface area (Å²) >= 11 is 9.50. The maximum absolute atomic E-state index is 6.11. The average molecular weight is 350 g/mol. The summed E-state index contributed by atoms with van der Waals surface area (Å²) < 4.78 is 6.77. The molecular weight excluding hydrogens is 340 g/mol. The highest BCUT2D eigenvalue weighted by molar-refractivity contribution is 9.10. The van der Waals surface area contributed by atoms with Gasteiger partial charge in [0.2, 0.25) is 5.88 Å². The van der Waals surface area contributed by atoms with Crippen LogP contribution in [0.3, 0.4) is 0 Å². The lowest BCUT2D eigenvalue weighted by Gasteiger charge is -2.09. The first-order valence-corrected chi connectivity index (χ1v) is 7.17. The van der Waals surface area contributed by atoms with Gasteiger partial charge in [-0.15, -0.1) is 0 Å². The Bertz CT molecular complexity index is 775. The number of rotatable bonds is 2. The van der Waals surface area contributed by atoms with E-state index < -0.39 is 0 Å². The first kappa shape index (κ1) is 13.3. The number of aryl methyl sites for hydroxylation is 1. The van der Waals surface area contributed by atoms with E-state index in [9.17, 15) is 0 Å². The average Bonchev–Trinajstić information content (AvgIpc) is 2.43. The Kier molecular flexibility index (Phi) is 3.59. The van der Waals surface area contributed by atoms with Crippen molar-refractivity contribution in [3.05, 3.63) is 57.7 Å². The van der Waals surface area contributed by atoms with Crippen LogP contribution in [-0.4, -0.2) is 9.97 Å². The Hall–Kier alpha value is -1.65. The number of fused-ring (bicyclic) bond motifs is 1. The van der Waals surface area contributed by atoms with Crippen LogP contribution in [0.5, 0.6) is 11.6 Å². The largest absolute Gasteiger partial charge is 0.437 e. The minimum Gasteiger partial charge on any atom is -0.437 e. The molecular formula is C15H10BrClN2O. The van der Waals surface area contributed by atoms with Crippen molar-refractivity contribution in [2.75, 3.05) is 0 Å². The minimum absolute atomic E-state index is 0.488. The molecule has 0 fully saturated rings. The Morgan fingerprint density at radius 1 is 1.05 bits per heavy atom. The molecule has 1 heterocycles. The molecule has 0 aliphatic heterocycles. The van der Waals surface area contributed by atoms with Crippen LogP contribution in [0.15, 0.2) is 46.9 Å². The molecule has 0 aliphatic carbocycles. The smallest absolute Gasteiger partial charge is 0.241 e. The third-order valence-corrected chi connectivity index (χ3v) is 3.64. The summed E-state index contributed by atoms with van der Waals surface area (Å²) in [7, 11) is 0. The maximum atomic E-state index is 6.11. The molecule has 0 aliphatic rings. The molecule has 0 saturated heterocycles. The van der Waals surface area contributed by atoms with E-state index in [0.717, 1.165) is 9.99 Å². The molecule has 5 heteroatoms. The highest BCUT2D eigenvalue weighted by Gasteiger charge is 2.09. The molecule has 0 amide bonds. The number of ether oxygens (including phenoxy) is 1. The summed E-state index contributed by atoms with van der Waals surface area (Å²) in [6.07, 6.45) is 0. The molecule has 0 unspecified atom stereocenters. The van der Waals surface area contributed by atoms with Crippen LogP contribution >= 0.6 is 27.5 Å². The molecule has 0 saturated carbocycles. The Labute approximate surface area is 129 Å². The molecule has 0 N–H and O–H groups in total. The lowest BCUT2D eigenvalue weighted by molar-refractivity contribution is 0.458. The van der Waals surface area contributed by atoms with Crippen LogP contribution in [-0.2, 0) is 0 Å². The number of halogens is 2. The van der Waals surface area contributed by atoms with Crippen molar-refractivity contribution >= 4 is 38.6 Å². The second kappa shape index (κ2) is 5.38. The van der Waals surface area contributed by atoms with Gasteiger partial charge < -0.3 is 4.74 Å². The van der Waals surface area contributed by atoms with Gasteiger partial charge in [0, 0.05) is 4.47 Å². The fourth-order valence-corrected chi connectivity index (χ4v) is 2.30. The molecule has 20 heavy (non-hydrogen) atoms. The third kappa shape index (κ3) is 2.62. The first-order valence-electron chi connectivity index (χ1n) is 6.00. The lowest BCUT2D eigenvalue weighted by Crippen LogP contribution is -1.96. The van der Waals surface area contributed by atoms with Crippen LogP contribution < -0.4 is 4.74 Å². The standard InChI is InChI=1S/C15H10BrClN2O/c1-9-15(20-11-7-5-10(16)6-8-11)19-13-4-2-3-12(17)14(13)18-9/h2-8H,1H3. The van der Waals surface area contributed by atoms with Gasteiger partial charge in [0.05, 0.1) is 10.5 Å². The lowest BCUT2D eigenvalue weighted by atomic mass is 10.3. The second-order valence-electron chi connectivity index (χ2n) is 4.28. The monoisotopic (exact) mass is 348 g/mol. The third-order valence-electron chi connectivity index (χ3n) is 2.80. The van der Waals surface area contributed by atoms with E-state index in [1.807, 2.05) is 43.3 Å². The maximum Gasteiger partial charge on any atom is 0.241 e. The quantitative estimate of drug-likeness (QED) is 0.642. The van der Waals surface area contributed by atoms with Crippen molar-refractivity contribution in [1.29, 1.82) is 0 Å². The van der Waals surface area contributed by atoms with Gasteiger partial charge in [-0.05, 0) is 43.3 Å². The summed E-state index contributed by atoms with van der Waals surface area (Å²) in [5.41, 5.74) is 2.11. The topological polar surface area (TPSA) is 35.0 Å². The van der Waals surface area contributed by atoms with Crippen LogP contribution in [0.25, 0.3) is 11.0 Å². The van der Waals surface area contributed by atoms with Crippen molar-refractivity contribution in [1.82, 2.24) is 9.97 Å². The molecule has 0 bridgehead atoms. The number of hydrogen-bond acceptors (Lipinski definition) is 3. The van der Waals surface area contributed by atoms with E-state index >= 15 is 0 Å². The molecule has 3 nitrogen and oxygen atoms in total. The van der Waals surface area contributed by atoms with Gasteiger partial charge in [-0.1, -0.05) is 33.6 Å². The van der Waals surface area contributed by atoms with E-state index in [1.54, 1.807) is 6.07 Å². The molecule has 0 radical (unpaired) electrons. The zero-order chi connectivity index (χ0) is 14.1. The van der Waals surface area contributed by atoms with Crippen molar-refractivity contribution in [2.24, 2.45) is 0 Å². The zero-order valence-electron chi connectivity index (χ0n) is 10.6. The van der Waals surface area contributed by atoms with Crippen molar-refractivity contribution in [2.45, 2.75) is 6.92 Å². The van der Waals surface area contributed by atoms with Crippen LogP contribution in [0.1, 0.15) is 5.69 Å². The molecule has 2 aromatic carbocycles. The van der Waals surface area contributed by atoms with Gasteiger partial charge in [-0.2, -0.15) is 0 Å². The molecule has 3 rings (SSSR count). The van der Waals surface area contributed by atoms with Crippen LogP contribution in [0.2, 0.25) is 5.02 Å². The second-order valence-corrected chi connectivity index (χ2v) is 5.60. The molecule has 100 valence electrons. The van der Waals surface area contributed by atoms with Crippen LogP contribution in [0, 0.1) is 6.92 Å². The number of para-hydroxylation sites is 1. The van der Waals surface area contributed by atoms with Gasteiger partial charge in [0.25, 0.3) is 0 Å². The summed E-state index contributed by atoms with van der Waals surface area (Å²) in [6, 6.07) is 13.1. The van der Waals surface area contributed by atoms with Gasteiger partial charge in [-0.3, -0.25) is 0 Å². The van der Waals surface area contributed by atoms with E-state index in [-0.39, 0.29) is 0 Å². The molecule has 0 spiro atoms. The van der Waals surface area contributed by atoms with Crippen molar-refractivity contribution in [3.63, 3.8) is 0 Å². The highest BCUT2D eigenvalue weighted by atomic mass is 79.9. The fourth-order valence-electron chi connectivity index (χ4n) is 1.82. The zero-order valence-corrected chi connectivity index (χ0v) is 12.9. The summed E-state index contributed by atoms with van der Waals surface area (Å²) in [6.45, 7) is 1.85.